The minimum atomic E-state index is -0.885. The molecule has 0 radical (unpaired) electrons. The van der Waals surface area contributed by atoms with Crippen LogP contribution in [0.25, 0.3) is 0 Å². The van der Waals surface area contributed by atoms with Gasteiger partial charge in [0.05, 0.1) is 55.3 Å². The Morgan fingerprint density at radius 3 is 2.27 bits per heavy atom. The van der Waals surface area contributed by atoms with E-state index in [0.717, 1.165) is 24.0 Å². The molecule has 8 rings (SSSR count). The third-order valence-electron chi connectivity index (χ3n) is 15.3. The number of carbonyl (C=O) groups excluding carboxylic acids is 1. The SMILES string of the molecule is CC1=C[C@H]2C(=O)OC3CC(C/C=C(\C)C[C@@H](C)/C=C/C=C4\COC(C1O)C42)OC1(C=C[C@H](C)C(C2CCCCC2)O1)C3.COCO[C@H]1C(C)O[C@@H](O[C@H]2C(C)O[C@@H](OC)CC2OC)CC1OC. The normalized spacial score (nSPS) is 45.0. The van der Waals surface area contributed by atoms with Crippen molar-refractivity contribution in [3.8, 4) is 0 Å². The number of ether oxygens (including phenoxy) is 12. The van der Waals surface area contributed by atoms with Crippen LogP contribution in [0.1, 0.15) is 112 Å². The minimum absolute atomic E-state index is 0.112. The van der Waals surface area contributed by atoms with Gasteiger partial charge in [0.25, 0.3) is 0 Å². The zero-order valence-electron chi connectivity index (χ0n) is 41.9. The molecular formula is C53H82O14. The Kier molecular flexibility index (Phi) is 19.0. The lowest BCUT2D eigenvalue weighted by molar-refractivity contribution is -0.318. The summed E-state index contributed by atoms with van der Waals surface area (Å²) < 4.78 is 71.4. The Bertz CT molecular complexity index is 1750. The van der Waals surface area contributed by atoms with Crippen LogP contribution in [-0.4, -0.2) is 138 Å². The number of fused-ring (bicyclic) bond motifs is 2. The number of carbonyl (C=O) groups is 1. The highest BCUT2D eigenvalue weighted by Gasteiger charge is 2.51. The summed E-state index contributed by atoms with van der Waals surface area (Å²) >= 11 is 0. The van der Waals surface area contributed by atoms with Crippen molar-refractivity contribution in [2.75, 3.05) is 41.8 Å². The second-order valence-corrected chi connectivity index (χ2v) is 20.5. The molecule has 14 heteroatoms. The topological polar surface area (TPSA) is 148 Å². The molecule has 8 aliphatic rings. The highest BCUT2D eigenvalue weighted by atomic mass is 16.7. The van der Waals surface area contributed by atoms with E-state index in [1.165, 1.54) is 37.7 Å². The second-order valence-electron chi connectivity index (χ2n) is 20.5. The van der Waals surface area contributed by atoms with E-state index in [1.54, 1.807) is 28.4 Å². The first-order valence-corrected chi connectivity index (χ1v) is 25.2. The Labute approximate surface area is 400 Å². The van der Waals surface area contributed by atoms with Crippen molar-refractivity contribution in [3.63, 3.8) is 0 Å². The number of hydrogen-bond donors (Lipinski definition) is 1. The summed E-state index contributed by atoms with van der Waals surface area (Å²) in [6.45, 7) is 13.1. The summed E-state index contributed by atoms with van der Waals surface area (Å²) in [5.41, 5.74) is 3.14. The van der Waals surface area contributed by atoms with E-state index >= 15 is 0 Å². The maximum Gasteiger partial charge on any atom is 0.313 e. The summed E-state index contributed by atoms with van der Waals surface area (Å²) in [5.74, 6) is -0.629. The number of aliphatic hydroxyl groups is 1. The Morgan fingerprint density at radius 2 is 1.54 bits per heavy atom. The molecule has 11 unspecified atom stereocenters. The number of esters is 1. The maximum absolute atomic E-state index is 14.0. The fourth-order valence-electron chi connectivity index (χ4n) is 11.8. The lowest BCUT2D eigenvalue weighted by Gasteiger charge is -2.49. The maximum atomic E-state index is 14.0. The fraction of sp³-hybridized carbons (Fsp3) is 0.792. The standard InChI is InChI=1S/C36H50O6.C17H32O8/c1-22-9-8-12-27-21-39-34-31(27)30(18-25(4)32(34)37)35(38)40-29-19-28(14-13-23(2)17-22)41-36(20-29)16-15-24(3)33(42-36)26-10-6-5-7-11-26;1-10-16(22-9-18-3)12(19-4)8-15(24-10)25-17-11(2)23-14(21-6)7-13(17)20-5/h8-9,12-13,15-16,18,22,24,26,28-34,37H,5-7,10-11,14,17,19-21H2,1-4H3;10-17H,7-9H2,1-6H3/b9-8+,23-13+,27-12+;/t22-,24-,28?,29?,30+,31?,32?,33?,34?,36?;10?,11?,12?,13?,14-,15+,16+,17+/m01/s1. The average molecular weight is 943 g/mol. The molecule has 0 aromatic rings. The van der Waals surface area contributed by atoms with Gasteiger partial charge in [-0.2, -0.15) is 0 Å². The lowest BCUT2D eigenvalue weighted by Crippen LogP contribution is -2.55. The van der Waals surface area contributed by atoms with Gasteiger partial charge in [0.15, 0.2) is 18.4 Å². The molecule has 6 aliphatic heterocycles. The van der Waals surface area contributed by atoms with Crippen LogP contribution >= 0.6 is 0 Å². The van der Waals surface area contributed by atoms with E-state index < -0.39 is 30.2 Å². The van der Waals surface area contributed by atoms with Gasteiger partial charge in [0, 0.05) is 66.0 Å². The van der Waals surface area contributed by atoms with Gasteiger partial charge < -0.3 is 61.9 Å². The largest absolute Gasteiger partial charge is 0.462 e. The van der Waals surface area contributed by atoms with E-state index in [-0.39, 0.29) is 79.9 Å². The Hall–Kier alpha value is -2.31. The summed E-state index contributed by atoms with van der Waals surface area (Å²) in [4.78, 5) is 14.0. The third-order valence-corrected chi connectivity index (χ3v) is 15.3. The molecule has 2 bridgehead atoms. The van der Waals surface area contributed by atoms with Gasteiger partial charge in [0.2, 0.25) is 0 Å². The smallest absolute Gasteiger partial charge is 0.313 e. The van der Waals surface area contributed by atoms with Gasteiger partial charge >= 0.3 is 5.97 Å². The molecule has 5 fully saturated rings. The van der Waals surface area contributed by atoms with Gasteiger partial charge in [0.1, 0.15) is 31.2 Å². The fourth-order valence-corrected chi connectivity index (χ4v) is 11.8. The lowest BCUT2D eigenvalue weighted by atomic mass is 9.75. The van der Waals surface area contributed by atoms with Gasteiger partial charge in [-0.3, -0.25) is 4.79 Å². The monoisotopic (exact) mass is 943 g/mol. The zero-order chi connectivity index (χ0) is 47.8. The molecule has 4 saturated heterocycles. The predicted octanol–water partition coefficient (Wildman–Crippen LogP) is 8.06. The molecule has 0 amide bonds. The Balaban J connectivity index is 0.000000228. The molecule has 18 atom stereocenters. The molecular weight excluding hydrogens is 861 g/mol. The molecule has 1 N–H and O–H groups in total. The summed E-state index contributed by atoms with van der Waals surface area (Å²) in [6.07, 6.45) is 22.0. The average Bonchev–Trinajstić information content (AvgIpc) is 3.74. The van der Waals surface area contributed by atoms with Crippen LogP contribution < -0.4 is 0 Å². The van der Waals surface area contributed by atoms with Crippen LogP contribution in [0.15, 0.2) is 59.3 Å². The molecule has 2 aliphatic carbocycles. The first kappa shape index (κ1) is 52.5. The number of methoxy groups -OCH3 is 4. The quantitative estimate of drug-likeness (QED) is 0.135. The number of allylic oxidation sites excluding steroid dienone is 4. The van der Waals surface area contributed by atoms with E-state index in [0.29, 0.717) is 50.0 Å². The van der Waals surface area contributed by atoms with E-state index in [4.69, 9.17) is 56.8 Å². The van der Waals surface area contributed by atoms with Gasteiger partial charge in [-0.25, -0.2) is 0 Å². The number of hydrogen-bond acceptors (Lipinski definition) is 14. The molecule has 67 heavy (non-hydrogen) atoms. The van der Waals surface area contributed by atoms with E-state index in [1.807, 2.05) is 26.8 Å². The van der Waals surface area contributed by atoms with Crippen molar-refractivity contribution >= 4 is 5.97 Å². The third kappa shape index (κ3) is 13.0. The first-order chi connectivity index (χ1) is 32.2. The zero-order valence-corrected chi connectivity index (χ0v) is 41.9. The van der Waals surface area contributed by atoms with Crippen molar-refractivity contribution in [2.24, 2.45) is 29.6 Å². The molecule has 1 saturated carbocycles. The highest BCUT2D eigenvalue weighted by molar-refractivity contribution is 5.76. The van der Waals surface area contributed by atoms with Crippen LogP contribution in [0.2, 0.25) is 0 Å². The van der Waals surface area contributed by atoms with Crippen LogP contribution in [-0.2, 0) is 61.6 Å². The highest BCUT2D eigenvalue weighted by Crippen LogP contribution is 2.46. The summed E-state index contributed by atoms with van der Waals surface area (Å²) in [7, 11) is 6.55. The van der Waals surface area contributed by atoms with Crippen molar-refractivity contribution in [3.05, 3.63) is 59.3 Å². The van der Waals surface area contributed by atoms with Crippen molar-refractivity contribution in [2.45, 2.75) is 198 Å². The second kappa shape index (κ2) is 24.2. The molecule has 14 nitrogen and oxygen atoms in total. The van der Waals surface area contributed by atoms with Crippen molar-refractivity contribution in [1.82, 2.24) is 0 Å². The molecule has 0 aromatic carbocycles. The minimum Gasteiger partial charge on any atom is -0.462 e. The van der Waals surface area contributed by atoms with Gasteiger partial charge in [-0.05, 0) is 82.4 Å². The number of rotatable bonds is 9. The summed E-state index contributed by atoms with van der Waals surface area (Å²) in [5, 5.41) is 10.9. The molecule has 1 spiro atoms. The van der Waals surface area contributed by atoms with Crippen molar-refractivity contribution < 1.29 is 66.7 Å². The predicted molar refractivity (Wildman–Crippen MR) is 250 cm³/mol. The van der Waals surface area contributed by atoms with Crippen LogP contribution in [0.5, 0.6) is 0 Å². The number of aliphatic hydroxyl groups excluding tert-OH is 1. The molecule has 6 heterocycles. The van der Waals surface area contributed by atoms with E-state index in [9.17, 15) is 9.90 Å². The van der Waals surface area contributed by atoms with Crippen molar-refractivity contribution in [1.29, 1.82) is 0 Å². The Morgan fingerprint density at radius 1 is 0.821 bits per heavy atom. The van der Waals surface area contributed by atoms with E-state index in [2.05, 4.69) is 57.2 Å². The van der Waals surface area contributed by atoms with Gasteiger partial charge in [-0.1, -0.05) is 75.1 Å². The van der Waals surface area contributed by atoms with Crippen LogP contribution in [0, 0.1) is 29.6 Å². The first-order valence-electron chi connectivity index (χ1n) is 25.2. The summed E-state index contributed by atoms with van der Waals surface area (Å²) in [6, 6.07) is 0. The molecule has 0 aromatic heterocycles. The van der Waals surface area contributed by atoms with Crippen LogP contribution in [0.3, 0.4) is 0 Å². The van der Waals surface area contributed by atoms with Gasteiger partial charge in [-0.15, -0.1) is 0 Å². The molecule has 378 valence electrons. The van der Waals surface area contributed by atoms with Crippen LogP contribution in [0.4, 0.5) is 0 Å².